The van der Waals surface area contributed by atoms with Crippen molar-refractivity contribution in [2.45, 2.75) is 0 Å². The van der Waals surface area contributed by atoms with Gasteiger partial charge < -0.3 is 14.4 Å². The summed E-state index contributed by atoms with van der Waals surface area (Å²) in [5.41, 5.74) is 1.61. The second-order valence-corrected chi connectivity index (χ2v) is 7.46. The van der Waals surface area contributed by atoms with Crippen molar-refractivity contribution < 1.29 is 19.2 Å². The van der Waals surface area contributed by atoms with Crippen LogP contribution < -0.4 is 4.74 Å². The molecule has 4 nitrogen and oxygen atoms in total. The van der Waals surface area contributed by atoms with Gasteiger partial charge in [0.1, 0.15) is 11.5 Å². The highest BCUT2D eigenvalue weighted by molar-refractivity contribution is 7.35. The first-order chi connectivity index (χ1) is 13.1. The summed E-state index contributed by atoms with van der Waals surface area (Å²) in [6.07, 6.45) is 0. The first kappa shape index (κ1) is 17.3. The third-order valence-electron chi connectivity index (χ3n) is 4.46. The number of phenols is 1. The van der Waals surface area contributed by atoms with E-state index in [0.717, 1.165) is 0 Å². The minimum absolute atomic E-state index is 0.0181. The molecular formula is C22H16O4S. The summed E-state index contributed by atoms with van der Waals surface area (Å²) in [5.74, 6) is 0.498. The van der Waals surface area contributed by atoms with Crippen LogP contribution in [-0.2, 0) is 0 Å². The van der Waals surface area contributed by atoms with Gasteiger partial charge in [0.05, 0.1) is 18.1 Å². The lowest BCUT2D eigenvalue weighted by atomic mass is 9.97. The maximum absolute atomic E-state index is 13.3. The quantitative estimate of drug-likeness (QED) is 0.394. The Morgan fingerprint density at radius 1 is 1.00 bits per heavy atom. The number of rotatable bonds is 4. The second-order valence-electron chi connectivity index (χ2n) is 6.08. The van der Waals surface area contributed by atoms with E-state index in [2.05, 4.69) is 0 Å². The molecule has 1 atom stereocenters. The Morgan fingerprint density at radius 2 is 1.70 bits per heavy atom. The SMILES string of the molecule is COc1ccc(-c2c(C(=O)c3ccccc3)c3ccc(O)cc3[s+]2[O-])cc1. The average Bonchev–Trinajstić information content (AvgIpc) is 3.00. The topological polar surface area (TPSA) is 69.6 Å². The van der Waals surface area contributed by atoms with E-state index in [1.807, 2.05) is 6.07 Å². The number of carbonyl (C=O) groups is 1. The molecular weight excluding hydrogens is 360 g/mol. The first-order valence-electron chi connectivity index (χ1n) is 8.34. The van der Waals surface area contributed by atoms with Gasteiger partial charge >= 0.3 is 0 Å². The molecule has 1 unspecified atom stereocenters. The minimum atomic E-state index is -1.57. The number of phenolic OH excluding ortho intramolecular Hbond substituents is 1. The van der Waals surface area contributed by atoms with Crippen molar-refractivity contribution >= 4 is 26.6 Å². The standard InChI is InChI=1S/C22H16O4S/c1-26-17-10-7-15(8-11-17)22-20(21(24)14-5-3-2-4-6-14)18-12-9-16(23)13-19(18)27(22)25/h2-13,23H,1H3. The zero-order valence-electron chi connectivity index (χ0n) is 14.5. The Labute approximate surface area is 159 Å². The predicted octanol–water partition coefficient (Wildman–Crippen LogP) is 5.18. The monoisotopic (exact) mass is 376 g/mol. The Morgan fingerprint density at radius 3 is 2.37 bits per heavy atom. The Bertz CT molecular complexity index is 1130. The van der Waals surface area contributed by atoms with Gasteiger partial charge in [-0.15, -0.1) is 0 Å². The van der Waals surface area contributed by atoms with Crippen LogP contribution in [0.4, 0.5) is 0 Å². The molecule has 0 saturated carbocycles. The smallest absolute Gasteiger partial charge is 0.199 e. The van der Waals surface area contributed by atoms with E-state index in [1.54, 1.807) is 61.7 Å². The summed E-state index contributed by atoms with van der Waals surface area (Å²) in [5, 5.41) is 10.4. The lowest BCUT2D eigenvalue weighted by Gasteiger charge is -2.05. The maximum Gasteiger partial charge on any atom is 0.199 e. The molecule has 4 aromatic rings. The van der Waals surface area contributed by atoms with Gasteiger partial charge in [-0.3, -0.25) is 4.79 Å². The molecule has 0 aliphatic carbocycles. The number of carbonyl (C=O) groups excluding carboxylic acids is 1. The van der Waals surface area contributed by atoms with Crippen LogP contribution in [0.1, 0.15) is 15.9 Å². The molecule has 0 saturated heterocycles. The van der Waals surface area contributed by atoms with E-state index in [0.29, 0.717) is 37.4 Å². The Hall–Kier alpha value is -3.15. The number of benzene rings is 3. The summed E-state index contributed by atoms with van der Waals surface area (Å²) in [7, 11) is 0.00256. The number of hydrogen-bond acceptors (Lipinski definition) is 4. The van der Waals surface area contributed by atoms with Gasteiger partial charge in [-0.1, -0.05) is 30.3 Å². The lowest BCUT2D eigenvalue weighted by Crippen LogP contribution is -2.02. The molecule has 0 amide bonds. The van der Waals surface area contributed by atoms with Crippen LogP contribution in [0.3, 0.4) is 0 Å². The molecule has 3 aromatic carbocycles. The fourth-order valence-corrected chi connectivity index (χ4v) is 4.70. The highest BCUT2D eigenvalue weighted by Crippen LogP contribution is 2.46. The third-order valence-corrected chi connectivity index (χ3v) is 6.01. The number of ether oxygens (including phenoxy) is 1. The van der Waals surface area contributed by atoms with Crippen LogP contribution in [0.25, 0.3) is 20.5 Å². The van der Waals surface area contributed by atoms with Crippen molar-refractivity contribution in [1.82, 2.24) is 0 Å². The zero-order chi connectivity index (χ0) is 19.0. The number of fused-ring (bicyclic) bond motifs is 1. The van der Waals surface area contributed by atoms with Crippen molar-refractivity contribution in [2.24, 2.45) is 0 Å². The normalized spacial score (nSPS) is 11.6. The molecule has 134 valence electrons. The summed E-state index contributed by atoms with van der Waals surface area (Å²) < 4.78 is 18.8. The average molecular weight is 376 g/mol. The van der Waals surface area contributed by atoms with E-state index in [9.17, 15) is 14.5 Å². The highest BCUT2D eigenvalue weighted by Gasteiger charge is 2.29. The van der Waals surface area contributed by atoms with Crippen LogP contribution in [0.15, 0.2) is 72.8 Å². The minimum Gasteiger partial charge on any atom is -0.590 e. The third kappa shape index (κ3) is 2.97. The van der Waals surface area contributed by atoms with Crippen molar-refractivity contribution in [3.63, 3.8) is 0 Å². The number of thiophene rings is 1. The van der Waals surface area contributed by atoms with E-state index in [4.69, 9.17) is 4.74 Å². The maximum atomic E-state index is 13.3. The van der Waals surface area contributed by atoms with Crippen molar-refractivity contribution in [3.8, 4) is 21.9 Å². The van der Waals surface area contributed by atoms with E-state index >= 15 is 0 Å². The summed E-state index contributed by atoms with van der Waals surface area (Å²) >= 11 is 0. The zero-order valence-corrected chi connectivity index (χ0v) is 15.3. The van der Waals surface area contributed by atoms with Gasteiger partial charge in [-0.25, -0.2) is 0 Å². The Kier molecular flexibility index (Phi) is 4.39. The molecule has 0 fully saturated rings. The van der Waals surface area contributed by atoms with Gasteiger partial charge in [0, 0.05) is 17.2 Å². The van der Waals surface area contributed by atoms with E-state index < -0.39 is 10.8 Å². The van der Waals surface area contributed by atoms with Crippen LogP contribution in [0, 0.1) is 0 Å². The summed E-state index contributed by atoms with van der Waals surface area (Å²) in [6, 6.07) is 20.6. The molecule has 5 heteroatoms. The van der Waals surface area contributed by atoms with Crippen LogP contribution in [0.5, 0.6) is 11.5 Å². The number of ketones is 1. The van der Waals surface area contributed by atoms with Gasteiger partial charge in [-0.05, 0) is 47.1 Å². The number of hydrogen-bond donors (Lipinski definition) is 1. The van der Waals surface area contributed by atoms with Crippen LogP contribution >= 0.6 is 10.8 Å². The second kappa shape index (κ2) is 6.87. The molecule has 0 radical (unpaired) electrons. The van der Waals surface area contributed by atoms with Gasteiger partial charge in [0.2, 0.25) is 0 Å². The lowest BCUT2D eigenvalue weighted by molar-refractivity contribution is 0.104. The fraction of sp³-hybridized carbons (Fsp3) is 0.0455. The summed E-state index contributed by atoms with van der Waals surface area (Å²) in [6.45, 7) is 0. The van der Waals surface area contributed by atoms with Crippen LogP contribution in [0.2, 0.25) is 0 Å². The Balaban J connectivity index is 2.01. The number of methoxy groups -OCH3 is 1. The largest absolute Gasteiger partial charge is 0.590 e. The molecule has 0 spiro atoms. The van der Waals surface area contributed by atoms with Gasteiger partial charge in [-0.2, -0.15) is 0 Å². The fourth-order valence-electron chi connectivity index (χ4n) is 3.15. The predicted molar refractivity (Wildman–Crippen MR) is 106 cm³/mol. The number of aromatic hydroxyl groups is 1. The summed E-state index contributed by atoms with van der Waals surface area (Å²) in [4.78, 5) is 13.7. The van der Waals surface area contributed by atoms with Crippen molar-refractivity contribution in [3.05, 3.63) is 83.9 Å². The molecule has 1 aromatic heterocycles. The molecule has 0 bridgehead atoms. The molecule has 1 heterocycles. The molecule has 1 N–H and O–H groups in total. The van der Waals surface area contributed by atoms with Gasteiger partial charge in [0.25, 0.3) is 0 Å². The molecule has 0 aliphatic heterocycles. The van der Waals surface area contributed by atoms with Crippen molar-refractivity contribution in [2.75, 3.05) is 7.11 Å². The van der Waals surface area contributed by atoms with Crippen LogP contribution in [-0.4, -0.2) is 22.6 Å². The van der Waals surface area contributed by atoms with E-state index in [-0.39, 0.29) is 11.5 Å². The van der Waals surface area contributed by atoms with Crippen molar-refractivity contribution in [1.29, 1.82) is 0 Å². The van der Waals surface area contributed by atoms with E-state index in [1.165, 1.54) is 12.1 Å². The highest BCUT2D eigenvalue weighted by atomic mass is 32.2. The molecule has 27 heavy (non-hydrogen) atoms. The molecule has 4 rings (SSSR count). The van der Waals surface area contributed by atoms with Gasteiger partial charge in [0.15, 0.2) is 15.4 Å². The molecule has 0 aliphatic rings. The first-order valence-corrected chi connectivity index (χ1v) is 9.48.